The van der Waals surface area contributed by atoms with Crippen molar-refractivity contribution in [2.24, 2.45) is 0 Å². The van der Waals surface area contributed by atoms with Crippen LogP contribution in [-0.4, -0.2) is 12.6 Å². The molecule has 2 nitrogen and oxygen atoms in total. The smallest absolute Gasteiger partial charge is 0.333 e. The van der Waals surface area contributed by atoms with Crippen LogP contribution in [0.15, 0.2) is 12.2 Å². The van der Waals surface area contributed by atoms with Crippen molar-refractivity contribution in [1.82, 2.24) is 0 Å². The van der Waals surface area contributed by atoms with E-state index in [9.17, 15) is 4.79 Å². The third-order valence-electron chi connectivity index (χ3n) is 3.08. The number of unbranched alkanes of at least 4 members (excludes halogenated alkanes) is 9. The SMILES string of the molecule is C=C(C)C(=O)OCCCCCCCCCCCC.CC. The van der Waals surface area contributed by atoms with Crippen molar-refractivity contribution in [2.45, 2.75) is 91.9 Å². The molecule has 0 atom stereocenters. The molecule has 0 heterocycles. The molecule has 0 aromatic rings. The zero-order valence-electron chi connectivity index (χ0n) is 14.3. The van der Waals surface area contributed by atoms with E-state index < -0.39 is 0 Å². The Kier molecular flexibility index (Phi) is 19.6. The van der Waals surface area contributed by atoms with E-state index in [4.69, 9.17) is 4.74 Å². The second-order valence-electron chi connectivity index (χ2n) is 5.10. The van der Waals surface area contributed by atoms with Gasteiger partial charge in [0, 0.05) is 5.57 Å². The Morgan fingerprint density at radius 3 is 1.65 bits per heavy atom. The molecule has 0 fully saturated rings. The average Bonchev–Trinajstić information content (AvgIpc) is 2.46. The van der Waals surface area contributed by atoms with E-state index in [0.29, 0.717) is 12.2 Å². The Morgan fingerprint density at radius 2 is 1.25 bits per heavy atom. The monoisotopic (exact) mass is 284 g/mol. The molecule has 0 saturated carbocycles. The van der Waals surface area contributed by atoms with Gasteiger partial charge in [0.15, 0.2) is 0 Å². The quantitative estimate of drug-likeness (QED) is 0.247. The number of hydrogen-bond acceptors (Lipinski definition) is 2. The minimum Gasteiger partial charge on any atom is -0.462 e. The van der Waals surface area contributed by atoms with E-state index in [1.165, 1.54) is 57.8 Å². The first-order valence-corrected chi connectivity index (χ1v) is 8.51. The average molecular weight is 284 g/mol. The molecule has 0 aliphatic carbocycles. The van der Waals surface area contributed by atoms with Crippen LogP contribution < -0.4 is 0 Å². The van der Waals surface area contributed by atoms with Crippen LogP contribution in [0.1, 0.15) is 91.9 Å². The summed E-state index contributed by atoms with van der Waals surface area (Å²) in [7, 11) is 0. The summed E-state index contributed by atoms with van der Waals surface area (Å²) in [5, 5.41) is 0. The third-order valence-corrected chi connectivity index (χ3v) is 3.08. The van der Waals surface area contributed by atoms with E-state index >= 15 is 0 Å². The molecule has 0 aromatic carbocycles. The molecule has 120 valence electrons. The van der Waals surface area contributed by atoms with Gasteiger partial charge in [-0.25, -0.2) is 4.79 Å². The number of rotatable bonds is 12. The fraction of sp³-hybridized carbons (Fsp3) is 0.833. The van der Waals surface area contributed by atoms with Crippen LogP contribution in [-0.2, 0) is 9.53 Å². The molecule has 0 aliphatic rings. The highest BCUT2D eigenvalue weighted by atomic mass is 16.5. The second kappa shape index (κ2) is 18.2. The Labute approximate surface area is 127 Å². The zero-order chi connectivity index (χ0) is 15.6. The maximum absolute atomic E-state index is 11.1. The molecule has 0 radical (unpaired) electrons. The number of esters is 1. The van der Waals surface area contributed by atoms with Gasteiger partial charge in [-0.1, -0.05) is 85.1 Å². The number of carbonyl (C=O) groups excluding carboxylic acids is 1. The summed E-state index contributed by atoms with van der Waals surface area (Å²) in [5.41, 5.74) is 0.488. The lowest BCUT2D eigenvalue weighted by Gasteiger charge is -2.04. The number of ether oxygens (including phenoxy) is 1. The van der Waals surface area contributed by atoms with Gasteiger partial charge in [-0.3, -0.25) is 0 Å². The van der Waals surface area contributed by atoms with Crippen molar-refractivity contribution in [3.8, 4) is 0 Å². The van der Waals surface area contributed by atoms with E-state index in [1.54, 1.807) is 6.92 Å². The molecule has 0 amide bonds. The van der Waals surface area contributed by atoms with Crippen molar-refractivity contribution in [2.75, 3.05) is 6.61 Å². The first kappa shape index (κ1) is 21.5. The van der Waals surface area contributed by atoms with Crippen LogP contribution in [0, 0.1) is 0 Å². The van der Waals surface area contributed by atoms with Crippen LogP contribution in [0.2, 0.25) is 0 Å². The lowest BCUT2D eigenvalue weighted by Crippen LogP contribution is -2.05. The van der Waals surface area contributed by atoms with Gasteiger partial charge >= 0.3 is 5.97 Å². The highest BCUT2D eigenvalue weighted by Gasteiger charge is 2.01. The van der Waals surface area contributed by atoms with E-state index in [-0.39, 0.29) is 5.97 Å². The summed E-state index contributed by atoms with van der Waals surface area (Å²) < 4.78 is 5.04. The fourth-order valence-electron chi connectivity index (χ4n) is 1.88. The van der Waals surface area contributed by atoms with Gasteiger partial charge in [0.2, 0.25) is 0 Å². The van der Waals surface area contributed by atoms with Crippen molar-refractivity contribution >= 4 is 5.97 Å². The van der Waals surface area contributed by atoms with Gasteiger partial charge in [0.05, 0.1) is 6.61 Å². The van der Waals surface area contributed by atoms with Gasteiger partial charge in [0.1, 0.15) is 0 Å². The minimum atomic E-state index is -0.258. The largest absolute Gasteiger partial charge is 0.462 e. The van der Waals surface area contributed by atoms with Crippen molar-refractivity contribution in [3.05, 3.63) is 12.2 Å². The maximum atomic E-state index is 11.1. The topological polar surface area (TPSA) is 26.3 Å². The molecule has 0 N–H and O–H groups in total. The minimum absolute atomic E-state index is 0.258. The highest BCUT2D eigenvalue weighted by molar-refractivity contribution is 5.86. The number of hydrogen-bond donors (Lipinski definition) is 0. The Bertz CT molecular complexity index is 221. The molecule has 0 spiro atoms. The summed E-state index contributed by atoms with van der Waals surface area (Å²) in [6, 6.07) is 0. The molecule has 0 saturated heterocycles. The van der Waals surface area contributed by atoms with Gasteiger partial charge in [-0.2, -0.15) is 0 Å². The van der Waals surface area contributed by atoms with E-state index in [2.05, 4.69) is 13.5 Å². The van der Waals surface area contributed by atoms with Crippen molar-refractivity contribution in [3.63, 3.8) is 0 Å². The standard InChI is InChI=1S/C16H30O2.C2H6/c1-4-5-6-7-8-9-10-11-12-13-14-18-16(17)15(2)3;1-2/h2,4-14H2,1,3H3;1-2H3. The second-order valence-corrected chi connectivity index (χ2v) is 5.10. The highest BCUT2D eigenvalue weighted by Crippen LogP contribution is 2.10. The molecule has 0 aliphatic heterocycles. The first-order chi connectivity index (χ1) is 9.68. The Hall–Kier alpha value is -0.790. The van der Waals surface area contributed by atoms with Gasteiger partial charge in [-0.05, 0) is 13.3 Å². The summed E-state index contributed by atoms with van der Waals surface area (Å²) in [6.45, 7) is 12.0. The van der Waals surface area contributed by atoms with Crippen molar-refractivity contribution in [1.29, 1.82) is 0 Å². The summed E-state index contributed by atoms with van der Waals surface area (Å²) in [6.07, 6.45) is 13.0. The van der Waals surface area contributed by atoms with Crippen molar-refractivity contribution < 1.29 is 9.53 Å². The van der Waals surface area contributed by atoms with Gasteiger partial charge in [0.25, 0.3) is 0 Å². The van der Waals surface area contributed by atoms with Crippen LogP contribution >= 0.6 is 0 Å². The third kappa shape index (κ3) is 17.2. The summed E-state index contributed by atoms with van der Waals surface area (Å²) >= 11 is 0. The first-order valence-electron chi connectivity index (χ1n) is 8.51. The fourth-order valence-corrected chi connectivity index (χ4v) is 1.88. The van der Waals surface area contributed by atoms with Crippen LogP contribution in [0.4, 0.5) is 0 Å². The molecule has 0 bridgehead atoms. The van der Waals surface area contributed by atoms with Crippen LogP contribution in [0.5, 0.6) is 0 Å². The molecule has 0 unspecified atom stereocenters. The predicted octanol–water partition coefficient (Wildman–Crippen LogP) is 6.05. The maximum Gasteiger partial charge on any atom is 0.333 e. The zero-order valence-corrected chi connectivity index (χ0v) is 14.3. The number of carbonyl (C=O) groups is 1. The Morgan fingerprint density at radius 1 is 0.850 bits per heavy atom. The molecule has 0 rings (SSSR count). The van der Waals surface area contributed by atoms with Crippen LogP contribution in [0.25, 0.3) is 0 Å². The summed E-state index contributed by atoms with van der Waals surface area (Å²) in [5.74, 6) is -0.258. The molecule has 2 heteroatoms. The van der Waals surface area contributed by atoms with Crippen LogP contribution in [0.3, 0.4) is 0 Å². The lowest BCUT2D eigenvalue weighted by atomic mass is 10.1. The molecular formula is C18H36O2. The Balaban J connectivity index is 0. The normalized spacial score (nSPS) is 9.60. The molecule has 0 aromatic heterocycles. The van der Waals surface area contributed by atoms with Gasteiger partial charge in [-0.15, -0.1) is 0 Å². The molecular weight excluding hydrogens is 248 g/mol. The summed E-state index contributed by atoms with van der Waals surface area (Å²) in [4.78, 5) is 11.1. The lowest BCUT2D eigenvalue weighted by molar-refractivity contribution is -0.139. The van der Waals surface area contributed by atoms with E-state index in [1.807, 2.05) is 13.8 Å². The molecule has 20 heavy (non-hydrogen) atoms. The van der Waals surface area contributed by atoms with Gasteiger partial charge < -0.3 is 4.74 Å². The predicted molar refractivity (Wildman–Crippen MR) is 89.0 cm³/mol. The van der Waals surface area contributed by atoms with E-state index in [0.717, 1.165) is 6.42 Å².